The van der Waals surface area contributed by atoms with Gasteiger partial charge in [0, 0.05) is 6.04 Å². The summed E-state index contributed by atoms with van der Waals surface area (Å²) in [5, 5.41) is 0. The van der Waals surface area contributed by atoms with Gasteiger partial charge in [-0.2, -0.15) is 0 Å². The molecule has 0 spiro atoms. The molecular formula is C16H27N. The Labute approximate surface area is 106 Å². The molecular weight excluding hydrogens is 206 g/mol. The number of nitrogens with two attached hydrogens (primary N) is 1. The Morgan fingerprint density at radius 3 is 2.24 bits per heavy atom. The quantitative estimate of drug-likeness (QED) is 0.648. The van der Waals surface area contributed by atoms with Crippen LogP contribution in [0.5, 0.6) is 0 Å². The van der Waals surface area contributed by atoms with Crippen molar-refractivity contribution >= 4 is 0 Å². The Bertz CT molecular complexity index is 281. The summed E-state index contributed by atoms with van der Waals surface area (Å²) in [6.07, 6.45) is 7.71. The fourth-order valence-electron chi connectivity index (χ4n) is 2.48. The standard InChI is InChI=1S/C16H27N/c1-3-5-7-11-14(10-4-2)16(17)15-12-8-6-9-13-15/h6,8-9,12-14,16H,3-5,7,10-11,17H2,1-2H3. The van der Waals surface area contributed by atoms with Gasteiger partial charge in [-0.15, -0.1) is 0 Å². The van der Waals surface area contributed by atoms with Gasteiger partial charge < -0.3 is 5.73 Å². The maximum atomic E-state index is 6.41. The third-order valence-electron chi connectivity index (χ3n) is 3.53. The smallest absolute Gasteiger partial charge is 0.0323 e. The SMILES string of the molecule is CCCCCC(CCC)C(N)c1ccccc1. The molecule has 1 heteroatoms. The van der Waals surface area contributed by atoms with E-state index in [2.05, 4.69) is 44.2 Å². The summed E-state index contributed by atoms with van der Waals surface area (Å²) < 4.78 is 0. The molecule has 96 valence electrons. The molecule has 0 bridgehead atoms. The van der Waals surface area contributed by atoms with E-state index in [4.69, 9.17) is 5.73 Å². The van der Waals surface area contributed by atoms with Gasteiger partial charge >= 0.3 is 0 Å². The highest BCUT2D eigenvalue weighted by Crippen LogP contribution is 2.28. The van der Waals surface area contributed by atoms with Crippen molar-refractivity contribution in [1.29, 1.82) is 0 Å². The highest BCUT2D eigenvalue weighted by atomic mass is 14.6. The number of hydrogen-bond acceptors (Lipinski definition) is 1. The fraction of sp³-hybridized carbons (Fsp3) is 0.625. The van der Waals surface area contributed by atoms with Gasteiger partial charge in [0.05, 0.1) is 0 Å². The summed E-state index contributed by atoms with van der Waals surface area (Å²) >= 11 is 0. The molecule has 0 aliphatic rings. The zero-order valence-electron chi connectivity index (χ0n) is 11.4. The van der Waals surface area contributed by atoms with E-state index >= 15 is 0 Å². The number of benzene rings is 1. The summed E-state index contributed by atoms with van der Waals surface area (Å²) in [6.45, 7) is 4.51. The average Bonchev–Trinajstić information content (AvgIpc) is 2.38. The molecule has 0 heterocycles. The van der Waals surface area contributed by atoms with E-state index in [1.54, 1.807) is 0 Å². The van der Waals surface area contributed by atoms with Crippen LogP contribution in [0.1, 0.15) is 64.0 Å². The predicted molar refractivity (Wildman–Crippen MR) is 75.9 cm³/mol. The molecule has 0 radical (unpaired) electrons. The van der Waals surface area contributed by atoms with Crippen LogP contribution in [-0.4, -0.2) is 0 Å². The van der Waals surface area contributed by atoms with Crippen LogP contribution in [0.4, 0.5) is 0 Å². The van der Waals surface area contributed by atoms with Gasteiger partial charge in [-0.3, -0.25) is 0 Å². The van der Waals surface area contributed by atoms with Crippen molar-refractivity contribution < 1.29 is 0 Å². The number of unbranched alkanes of at least 4 members (excludes halogenated alkanes) is 2. The van der Waals surface area contributed by atoms with Crippen molar-refractivity contribution in [2.45, 2.75) is 58.4 Å². The first-order valence-corrected chi connectivity index (χ1v) is 7.10. The molecule has 2 N–H and O–H groups in total. The van der Waals surface area contributed by atoms with E-state index < -0.39 is 0 Å². The second-order valence-electron chi connectivity index (χ2n) is 4.98. The second-order valence-corrected chi connectivity index (χ2v) is 4.98. The minimum atomic E-state index is 0.216. The predicted octanol–water partition coefficient (Wildman–Crippen LogP) is 4.68. The molecule has 2 atom stereocenters. The Hall–Kier alpha value is -0.820. The molecule has 0 aromatic heterocycles. The Kier molecular flexibility index (Phi) is 6.95. The van der Waals surface area contributed by atoms with Crippen LogP contribution in [0.2, 0.25) is 0 Å². The average molecular weight is 233 g/mol. The molecule has 0 saturated carbocycles. The van der Waals surface area contributed by atoms with E-state index in [9.17, 15) is 0 Å². The van der Waals surface area contributed by atoms with Crippen LogP contribution in [0, 0.1) is 5.92 Å². The normalized spacial score (nSPS) is 14.5. The highest BCUT2D eigenvalue weighted by molar-refractivity contribution is 5.19. The molecule has 1 rings (SSSR count). The van der Waals surface area contributed by atoms with Crippen molar-refractivity contribution in [2.75, 3.05) is 0 Å². The van der Waals surface area contributed by atoms with Crippen molar-refractivity contribution in [3.8, 4) is 0 Å². The zero-order valence-corrected chi connectivity index (χ0v) is 11.4. The molecule has 1 aromatic carbocycles. The van der Waals surface area contributed by atoms with E-state index in [0.717, 1.165) is 0 Å². The monoisotopic (exact) mass is 233 g/mol. The largest absolute Gasteiger partial charge is 0.324 e. The molecule has 0 aliphatic carbocycles. The van der Waals surface area contributed by atoms with Crippen LogP contribution in [-0.2, 0) is 0 Å². The lowest BCUT2D eigenvalue weighted by Gasteiger charge is -2.24. The molecule has 2 unspecified atom stereocenters. The van der Waals surface area contributed by atoms with Crippen molar-refractivity contribution in [3.05, 3.63) is 35.9 Å². The number of hydrogen-bond donors (Lipinski definition) is 1. The first kappa shape index (κ1) is 14.2. The van der Waals surface area contributed by atoms with Gasteiger partial charge in [-0.25, -0.2) is 0 Å². The molecule has 0 saturated heterocycles. The summed E-state index contributed by atoms with van der Waals surface area (Å²) in [6, 6.07) is 10.8. The zero-order chi connectivity index (χ0) is 12.5. The molecule has 1 aromatic rings. The minimum absolute atomic E-state index is 0.216. The van der Waals surface area contributed by atoms with Gasteiger partial charge in [-0.1, -0.05) is 69.9 Å². The first-order chi connectivity index (χ1) is 8.29. The van der Waals surface area contributed by atoms with Crippen LogP contribution in [0.25, 0.3) is 0 Å². The lowest BCUT2D eigenvalue weighted by atomic mass is 9.86. The Morgan fingerprint density at radius 2 is 1.65 bits per heavy atom. The maximum Gasteiger partial charge on any atom is 0.0323 e. The van der Waals surface area contributed by atoms with Gasteiger partial charge in [0.2, 0.25) is 0 Å². The molecule has 17 heavy (non-hydrogen) atoms. The summed E-state index contributed by atoms with van der Waals surface area (Å²) in [5.74, 6) is 0.647. The van der Waals surface area contributed by atoms with E-state index in [1.165, 1.54) is 44.1 Å². The molecule has 0 aliphatic heterocycles. The topological polar surface area (TPSA) is 26.0 Å². The second kappa shape index (κ2) is 8.30. The number of rotatable bonds is 8. The molecule has 1 nitrogen and oxygen atoms in total. The van der Waals surface area contributed by atoms with Crippen LogP contribution >= 0.6 is 0 Å². The highest BCUT2D eigenvalue weighted by Gasteiger charge is 2.17. The Balaban J connectivity index is 2.56. The van der Waals surface area contributed by atoms with E-state index in [0.29, 0.717) is 5.92 Å². The first-order valence-electron chi connectivity index (χ1n) is 7.10. The maximum absolute atomic E-state index is 6.41. The minimum Gasteiger partial charge on any atom is -0.324 e. The fourth-order valence-corrected chi connectivity index (χ4v) is 2.48. The Morgan fingerprint density at radius 1 is 0.941 bits per heavy atom. The summed E-state index contributed by atoms with van der Waals surface area (Å²) in [7, 11) is 0. The van der Waals surface area contributed by atoms with Crippen LogP contribution < -0.4 is 5.73 Å². The third-order valence-corrected chi connectivity index (χ3v) is 3.53. The van der Waals surface area contributed by atoms with Crippen molar-refractivity contribution in [2.24, 2.45) is 11.7 Å². The van der Waals surface area contributed by atoms with E-state index in [-0.39, 0.29) is 6.04 Å². The van der Waals surface area contributed by atoms with E-state index in [1.807, 2.05) is 0 Å². The molecule has 0 fully saturated rings. The van der Waals surface area contributed by atoms with Gasteiger partial charge in [-0.05, 0) is 24.3 Å². The van der Waals surface area contributed by atoms with Gasteiger partial charge in [0.15, 0.2) is 0 Å². The lowest BCUT2D eigenvalue weighted by Crippen LogP contribution is -2.21. The lowest BCUT2D eigenvalue weighted by molar-refractivity contribution is 0.358. The van der Waals surface area contributed by atoms with Crippen LogP contribution in [0.15, 0.2) is 30.3 Å². The van der Waals surface area contributed by atoms with Crippen molar-refractivity contribution in [1.82, 2.24) is 0 Å². The third kappa shape index (κ3) is 4.91. The van der Waals surface area contributed by atoms with Gasteiger partial charge in [0.25, 0.3) is 0 Å². The summed E-state index contributed by atoms with van der Waals surface area (Å²) in [5.41, 5.74) is 7.70. The van der Waals surface area contributed by atoms with Crippen molar-refractivity contribution in [3.63, 3.8) is 0 Å². The van der Waals surface area contributed by atoms with Gasteiger partial charge in [0.1, 0.15) is 0 Å². The molecule has 0 amide bonds. The summed E-state index contributed by atoms with van der Waals surface area (Å²) in [4.78, 5) is 0. The van der Waals surface area contributed by atoms with Crippen LogP contribution in [0.3, 0.4) is 0 Å².